The first kappa shape index (κ1) is 23.0. The van der Waals surface area contributed by atoms with E-state index >= 15 is 0 Å². The van der Waals surface area contributed by atoms with Crippen LogP contribution < -0.4 is 23.9 Å². The largest absolute Gasteiger partial charge is 0.494 e. The van der Waals surface area contributed by atoms with E-state index < -0.39 is 22.5 Å². The van der Waals surface area contributed by atoms with Crippen LogP contribution in [0, 0.1) is 0 Å². The number of nitrogens with one attached hydrogen (secondary N) is 1. The van der Waals surface area contributed by atoms with Crippen LogP contribution in [0.25, 0.3) is 0 Å². The van der Waals surface area contributed by atoms with Crippen molar-refractivity contribution in [3.63, 3.8) is 0 Å². The molecule has 0 bridgehead atoms. The van der Waals surface area contributed by atoms with Gasteiger partial charge in [0.15, 0.2) is 11.5 Å². The van der Waals surface area contributed by atoms with E-state index in [1.165, 1.54) is 20.4 Å². The Balaban J connectivity index is 2.11. The lowest BCUT2D eigenvalue weighted by Crippen LogP contribution is -2.39. The number of nitrogens with zero attached hydrogens (tertiary/aromatic N) is 2. The van der Waals surface area contributed by atoms with Crippen LogP contribution in [-0.4, -0.2) is 54.2 Å². The monoisotopic (exact) mass is 435 g/mol. The molecule has 0 aliphatic heterocycles. The van der Waals surface area contributed by atoms with Gasteiger partial charge in [-0.1, -0.05) is 6.07 Å². The Morgan fingerprint density at radius 3 is 2.40 bits per heavy atom. The van der Waals surface area contributed by atoms with Crippen molar-refractivity contribution in [2.75, 3.05) is 37.9 Å². The van der Waals surface area contributed by atoms with Crippen molar-refractivity contribution in [1.82, 2.24) is 5.43 Å². The summed E-state index contributed by atoms with van der Waals surface area (Å²) < 4.78 is 41.2. The topological polar surface area (TPSA) is 107 Å². The quantitative estimate of drug-likeness (QED) is 0.452. The van der Waals surface area contributed by atoms with Gasteiger partial charge in [0.1, 0.15) is 12.3 Å². The molecule has 0 aromatic heterocycles. The Hall–Kier alpha value is -3.27. The van der Waals surface area contributed by atoms with Crippen molar-refractivity contribution in [2.24, 2.45) is 5.10 Å². The zero-order valence-corrected chi connectivity index (χ0v) is 18.1. The molecular weight excluding hydrogens is 410 g/mol. The van der Waals surface area contributed by atoms with Crippen molar-refractivity contribution < 1.29 is 27.4 Å². The van der Waals surface area contributed by atoms with Crippen molar-refractivity contribution >= 4 is 27.8 Å². The first-order chi connectivity index (χ1) is 14.3. The van der Waals surface area contributed by atoms with E-state index in [4.69, 9.17) is 14.2 Å². The van der Waals surface area contributed by atoms with Gasteiger partial charge in [-0.3, -0.25) is 9.10 Å². The van der Waals surface area contributed by atoms with Crippen LogP contribution in [-0.2, 0) is 14.8 Å². The molecule has 0 saturated carbocycles. The molecule has 0 saturated heterocycles. The molecule has 0 heterocycles. The molecule has 0 atom stereocenters. The third-order valence-electron chi connectivity index (χ3n) is 3.95. The highest BCUT2D eigenvalue weighted by atomic mass is 32.2. The molecule has 0 fully saturated rings. The van der Waals surface area contributed by atoms with E-state index in [1.807, 2.05) is 6.92 Å². The number of rotatable bonds is 10. The van der Waals surface area contributed by atoms with Crippen molar-refractivity contribution in [2.45, 2.75) is 6.92 Å². The van der Waals surface area contributed by atoms with Crippen LogP contribution in [0.5, 0.6) is 17.2 Å². The lowest BCUT2D eigenvalue weighted by Gasteiger charge is -2.21. The van der Waals surface area contributed by atoms with Crippen LogP contribution in [0.3, 0.4) is 0 Å². The number of carbonyl (C=O) groups is 1. The number of anilines is 1. The number of carbonyl (C=O) groups excluding carboxylic acids is 1. The number of benzene rings is 2. The molecule has 10 heteroatoms. The zero-order chi connectivity index (χ0) is 22.1. The molecule has 0 aliphatic rings. The molecule has 0 aliphatic carbocycles. The second kappa shape index (κ2) is 10.5. The Morgan fingerprint density at radius 2 is 1.83 bits per heavy atom. The molecule has 9 nitrogen and oxygen atoms in total. The summed E-state index contributed by atoms with van der Waals surface area (Å²) in [5, 5.41) is 3.89. The van der Waals surface area contributed by atoms with Crippen molar-refractivity contribution in [3.8, 4) is 17.2 Å². The number of methoxy groups -OCH3 is 2. The molecule has 1 N–H and O–H groups in total. The maximum Gasteiger partial charge on any atom is 0.260 e. The maximum absolute atomic E-state index is 12.3. The molecule has 162 valence electrons. The average molecular weight is 436 g/mol. The van der Waals surface area contributed by atoms with Gasteiger partial charge < -0.3 is 14.2 Å². The Kier molecular flexibility index (Phi) is 8.05. The average Bonchev–Trinajstić information content (AvgIpc) is 2.72. The zero-order valence-electron chi connectivity index (χ0n) is 17.3. The van der Waals surface area contributed by atoms with Crippen molar-refractivity contribution in [3.05, 3.63) is 48.0 Å². The highest BCUT2D eigenvalue weighted by Gasteiger charge is 2.20. The molecule has 0 spiro atoms. The molecule has 2 aromatic rings. The minimum atomic E-state index is -3.69. The summed E-state index contributed by atoms with van der Waals surface area (Å²) in [4.78, 5) is 12.3. The van der Waals surface area contributed by atoms with Gasteiger partial charge in [0.05, 0.1) is 39.0 Å². The molecule has 2 rings (SSSR count). The minimum Gasteiger partial charge on any atom is -0.494 e. The lowest BCUT2D eigenvalue weighted by molar-refractivity contribution is -0.119. The van der Waals surface area contributed by atoms with Crippen LogP contribution in [0.1, 0.15) is 12.5 Å². The third kappa shape index (κ3) is 6.11. The van der Waals surface area contributed by atoms with E-state index in [-0.39, 0.29) is 0 Å². The standard InChI is InChI=1S/C20H25N3O6S/c1-5-29-17-11-9-16(10-12-17)23(30(4,25)26)14-19(24)22-21-13-15-7-6-8-18(27-2)20(15)28-3/h6-13H,5,14H2,1-4H3,(H,22,24)/b21-13-. The number of ether oxygens (including phenoxy) is 3. The van der Waals surface area contributed by atoms with E-state index in [1.54, 1.807) is 42.5 Å². The van der Waals surface area contributed by atoms with Crippen molar-refractivity contribution in [1.29, 1.82) is 0 Å². The number of hydrogen-bond donors (Lipinski definition) is 1. The fourth-order valence-corrected chi connectivity index (χ4v) is 3.48. The Morgan fingerprint density at radius 1 is 1.13 bits per heavy atom. The minimum absolute atomic E-state index is 0.342. The Bertz CT molecular complexity index is 990. The molecular formula is C20H25N3O6S. The highest BCUT2D eigenvalue weighted by Crippen LogP contribution is 2.29. The molecule has 2 aromatic carbocycles. The van der Waals surface area contributed by atoms with E-state index in [0.29, 0.717) is 35.1 Å². The number of amides is 1. The summed E-state index contributed by atoms with van der Waals surface area (Å²) in [6.07, 6.45) is 2.42. The molecule has 1 amide bonds. The number of sulfonamides is 1. The van der Waals surface area contributed by atoms with E-state index in [9.17, 15) is 13.2 Å². The number of hydrogen-bond acceptors (Lipinski definition) is 7. The van der Waals surface area contributed by atoms with Gasteiger partial charge in [0.25, 0.3) is 5.91 Å². The summed E-state index contributed by atoms with van der Waals surface area (Å²) >= 11 is 0. The fraction of sp³-hybridized carbons (Fsp3) is 0.300. The van der Waals surface area contributed by atoms with Crippen LogP contribution in [0.2, 0.25) is 0 Å². The smallest absolute Gasteiger partial charge is 0.260 e. The number of hydrazone groups is 1. The van der Waals surface area contributed by atoms with Gasteiger partial charge in [0.2, 0.25) is 10.0 Å². The third-order valence-corrected chi connectivity index (χ3v) is 5.09. The summed E-state index contributed by atoms with van der Waals surface area (Å²) in [5.41, 5.74) is 3.26. The highest BCUT2D eigenvalue weighted by molar-refractivity contribution is 7.92. The van der Waals surface area contributed by atoms with E-state index in [0.717, 1.165) is 10.6 Å². The van der Waals surface area contributed by atoms with E-state index in [2.05, 4.69) is 10.5 Å². The predicted molar refractivity (Wildman–Crippen MR) is 115 cm³/mol. The Labute approximate surface area is 176 Å². The van der Waals surface area contributed by atoms with Crippen LogP contribution >= 0.6 is 0 Å². The first-order valence-electron chi connectivity index (χ1n) is 9.03. The number of para-hydroxylation sites is 1. The second-order valence-electron chi connectivity index (χ2n) is 6.07. The van der Waals surface area contributed by atoms with Gasteiger partial charge in [-0.15, -0.1) is 0 Å². The summed E-state index contributed by atoms with van der Waals surface area (Å²) in [7, 11) is -0.682. The van der Waals surface area contributed by atoms with Gasteiger partial charge in [0, 0.05) is 5.56 Å². The van der Waals surface area contributed by atoms with Crippen LogP contribution in [0.15, 0.2) is 47.6 Å². The summed E-state index contributed by atoms with van der Waals surface area (Å²) in [6, 6.07) is 11.6. The first-order valence-corrected chi connectivity index (χ1v) is 10.9. The summed E-state index contributed by atoms with van der Waals surface area (Å²) in [5.74, 6) is 0.986. The predicted octanol–water partition coefficient (Wildman–Crippen LogP) is 2.02. The van der Waals surface area contributed by atoms with Gasteiger partial charge >= 0.3 is 0 Å². The molecule has 30 heavy (non-hydrogen) atoms. The second-order valence-corrected chi connectivity index (χ2v) is 7.98. The van der Waals surface area contributed by atoms with Gasteiger partial charge in [-0.05, 0) is 43.3 Å². The normalized spacial score (nSPS) is 11.2. The van der Waals surface area contributed by atoms with Gasteiger partial charge in [-0.2, -0.15) is 5.10 Å². The molecule has 0 unspecified atom stereocenters. The lowest BCUT2D eigenvalue weighted by atomic mass is 10.2. The maximum atomic E-state index is 12.3. The SMILES string of the molecule is CCOc1ccc(N(CC(=O)N/N=C\c2cccc(OC)c2OC)S(C)(=O)=O)cc1. The van der Waals surface area contributed by atoms with Gasteiger partial charge in [-0.25, -0.2) is 13.8 Å². The summed E-state index contributed by atoms with van der Waals surface area (Å²) in [6.45, 7) is 1.91. The molecule has 0 radical (unpaired) electrons. The fourth-order valence-electron chi connectivity index (χ4n) is 2.63. The van der Waals surface area contributed by atoms with Crippen LogP contribution in [0.4, 0.5) is 5.69 Å².